The molecule has 1 N–H and O–H groups in total. The van der Waals surface area contributed by atoms with E-state index in [1.54, 1.807) is 7.11 Å². The van der Waals surface area contributed by atoms with Crippen LogP contribution in [0, 0.1) is 0 Å². The molecule has 1 atom stereocenters. The molecule has 28 heavy (non-hydrogen) atoms. The van der Waals surface area contributed by atoms with E-state index in [0.717, 1.165) is 32.7 Å². The molecule has 1 aromatic rings. The summed E-state index contributed by atoms with van der Waals surface area (Å²) in [4.78, 5) is 7.13. The van der Waals surface area contributed by atoms with Gasteiger partial charge < -0.3 is 24.4 Å². The van der Waals surface area contributed by atoms with Crippen molar-refractivity contribution in [2.45, 2.75) is 45.9 Å². The highest BCUT2D eigenvalue weighted by molar-refractivity contribution is 5.43. The quantitative estimate of drug-likeness (QED) is 0.658. The second kappa shape index (κ2) is 11.6. The van der Waals surface area contributed by atoms with Crippen LogP contribution in [0.4, 0.5) is 0 Å². The lowest BCUT2D eigenvalue weighted by atomic mass is 10.2. The molecule has 0 spiro atoms. The minimum absolute atomic E-state index is 0.256. The van der Waals surface area contributed by atoms with Crippen molar-refractivity contribution in [2.75, 3.05) is 60.0 Å². The molecule has 0 bridgehead atoms. The fourth-order valence-corrected chi connectivity index (χ4v) is 3.47. The molecule has 0 aromatic heterocycles. The second-order valence-corrected chi connectivity index (χ2v) is 8.05. The van der Waals surface area contributed by atoms with E-state index >= 15 is 0 Å². The molecule has 0 unspecified atom stereocenters. The summed E-state index contributed by atoms with van der Waals surface area (Å²) < 4.78 is 11.4. The van der Waals surface area contributed by atoms with Gasteiger partial charge in [0.1, 0.15) is 12.7 Å². The first-order valence-corrected chi connectivity index (χ1v) is 10.6. The first-order chi connectivity index (χ1) is 13.4. The molecular formula is C22H39N3O3. The third kappa shape index (κ3) is 7.24. The molecular weight excluding hydrogens is 354 g/mol. The molecule has 1 saturated heterocycles. The van der Waals surface area contributed by atoms with Crippen molar-refractivity contribution in [3.63, 3.8) is 0 Å². The normalized spacial score (nSPS) is 17.7. The molecule has 1 aliphatic rings. The van der Waals surface area contributed by atoms with Gasteiger partial charge in [0.05, 0.1) is 7.11 Å². The van der Waals surface area contributed by atoms with Gasteiger partial charge in [-0.25, -0.2) is 0 Å². The highest BCUT2D eigenvalue weighted by Crippen LogP contribution is 2.29. The van der Waals surface area contributed by atoms with Crippen LogP contribution in [-0.2, 0) is 6.54 Å². The standard InChI is InChI=1S/C22H39N3O3/c1-6-24-10-7-11-25(13-12-24)15-19-8-9-21(27-5)22(14-19)28-17-20(26)16-23(4)18(2)3/h8-9,14,18,20,26H,6-7,10-13,15-17H2,1-5H3/t20-/m0/s1. The van der Waals surface area contributed by atoms with Crippen LogP contribution >= 0.6 is 0 Å². The van der Waals surface area contributed by atoms with Crippen molar-refractivity contribution in [2.24, 2.45) is 0 Å². The Morgan fingerprint density at radius 1 is 1.11 bits per heavy atom. The number of nitrogens with zero attached hydrogens (tertiary/aromatic N) is 3. The molecule has 0 saturated carbocycles. The second-order valence-electron chi connectivity index (χ2n) is 8.05. The Balaban J connectivity index is 1.95. The molecule has 160 valence electrons. The van der Waals surface area contributed by atoms with Gasteiger partial charge in [0.15, 0.2) is 11.5 Å². The summed E-state index contributed by atoms with van der Waals surface area (Å²) >= 11 is 0. The molecule has 1 aliphatic heterocycles. The van der Waals surface area contributed by atoms with Gasteiger partial charge in [-0.15, -0.1) is 0 Å². The van der Waals surface area contributed by atoms with Gasteiger partial charge in [-0.1, -0.05) is 13.0 Å². The van der Waals surface area contributed by atoms with Gasteiger partial charge in [-0.2, -0.15) is 0 Å². The third-order valence-electron chi connectivity index (χ3n) is 5.57. The number of hydrogen-bond donors (Lipinski definition) is 1. The number of rotatable bonds is 10. The van der Waals surface area contributed by atoms with Crippen LogP contribution in [0.5, 0.6) is 11.5 Å². The Morgan fingerprint density at radius 3 is 2.50 bits per heavy atom. The smallest absolute Gasteiger partial charge is 0.161 e. The number of aliphatic hydroxyl groups excluding tert-OH is 1. The molecule has 6 heteroatoms. The van der Waals surface area contributed by atoms with Crippen LogP contribution in [0.3, 0.4) is 0 Å². The van der Waals surface area contributed by atoms with Crippen LogP contribution in [0.1, 0.15) is 32.8 Å². The number of ether oxygens (including phenoxy) is 2. The van der Waals surface area contributed by atoms with Crippen molar-refractivity contribution in [3.05, 3.63) is 23.8 Å². The van der Waals surface area contributed by atoms with Crippen LogP contribution in [0.15, 0.2) is 18.2 Å². The predicted octanol–water partition coefficient (Wildman–Crippen LogP) is 2.30. The van der Waals surface area contributed by atoms with Gasteiger partial charge in [0.25, 0.3) is 0 Å². The fraction of sp³-hybridized carbons (Fsp3) is 0.727. The highest BCUT2D eigenvalue weighted by atomic mass is 16.5. The maximum absolute atomic E-state index is 10.3. The Bertz CT molecular complexity index is 582. The Labute approximate surface area is 171 Å². The summed E-state index contributed by atoms with van der Waals surface area (Å²) in [7, 11) is 3.66. The van der Waals surface area contributed by atoms with Crippen molar-refractivity contribution < 1.29 is 14.6 Å². The molecule has 6 nitrogen and oxygen atoms in total. The summed E-state index contributed by atoms with van der Waals surface area (Å²) in [5.41, 5.74) is 1.22. The van der Waals surface area contributed by atoms with Crippen molar-refractivity contribution in [3.8, 4) is 11.5 Å². The average molecular weight is 394 g/mol. The average Bonchev–Trinajstić information content (AvgIpc) is 2.91. The van der Waals surface area contributed by atoms with E-state index < -0.39 is 6.10 Å². The van der Waals surface area contributed by atoms with E-state index in [9.17, 15) is 5.11 Å². The van der Waals surface area contributed by atoms with Gasteiger partial charge in [0, 0.05) is 32.2 Å². The van der Waals surface area contributed by atoms with E-state index in [1.165, 1.54) is 18.5 Å². The molecule has 1 heterocycles. The van der Waals surface area contributed by atoms with Gasteiger partial charge >= 0.3 is 0 Å². The first kappa shape index (κ1) is 22.9. The highest BCUT2D eigenvalue weighted by Gasteiger charge is 2.16. The summed E-state index contributed by atoms with van der Waals surface area (Å²) in [5, 5.41) is 10.3. The van der Waals surface area contributed by atoms with Crippen molar-refractivity contribution in [1.29, 1.82) is 0 Å². The number of aliphatic hydroxyl groups is 1. The molecule has 1 fully saturated rings. The fourth-order valence-electron chi connectivity index (χ4n) is 3.47. The lowest BCUT2D eigenvalue weighted by molar-refractivity contribution is 0.0668. The summed E-state index contributed by atoms with van der Waals surface area (Å²) in [6, 6.07) is 6.52. The lowest BCUT2D eigenvalue weighted by Gasteiger charge is -2.24. The number of hydrogen-bond acceptors (Lipinski definition) is 6. The molecule has 0 amide bonds. The Kier molecular flexibility index (Phi) is 9.51. The van der Waals surface area contributed by atoms with E-state index in [2.05, 4.69) is 47.6 Å². The van der Waals surface area contributed by atoms with Crippen LogP contribution in [0.2, 0.25) is 0 Å². The van der Waals surface area contributed by atoms with Crippen LogP contribution < -0.4 is 9.47 Å². The molecule has 0 aliphatic carbocycles. The monoisotopic (exact) mass is 393 g/mol. The van der Waals surface area contributed by atoms with Crippen molar-refractivity contribution in [1.82, 2.24) is 14.7 Å². The van der Waals surface area contributed by atoms with Gasteiger partial charge in [0.2, 0.25) is 0 Å². The minimum Gasteiger partial charge on any atom is -0.493 e. The molecule has 2 rings (SSSR count). The van der Waals surface area contributed by atoms with Gasteiger partial charge in [-0.05, 0) is 64.6 Å². The first-order valence-electron chi connectivity index (χ1n) is 10.6. The lowest BCUT2D eigenvalue weighted by Crippen LogP contribution is -2.37. The van der Waals surface area contributed by atoms with Crippen LogP contribution in [0.25, 0.3) is 0 Å². The summed E-state index contributed by atoms with van der Waals surface area (Å²) in [6.07, 6.45) is 0.675. The summed E-state index contributed by atoms with van der Waals surface area (Å²) in [6.45, 7) is 13.9. The minimum atomic E-state index is -0.536. The SMILES string of the molecule is CCN1CCCN(Cc2ccc(OC)c(OC[C@@H](O)CN(C)C(C)C)c2)CC1. The van der Waals surface area contributed by atoms with E-state index in [-0.39, 0.29) is 6.61 Å². The zero-order valence-electron chi connectivity index (χ0n) is 18.4. The summed E-state index contributed by atoms with van der Waals surface area (Å²) in [5.74, 6) is 1.41. The van der Waals surface area contributed by atoms with Gasteiger partial charge in [-0.3, -0.25) is 4.90 Å². The maximum atomic E-state index is 10.3. The van der Waals surface area contributed by atoms with Crippen molar-refractivity contribution >= 4 is 0 Å². The van der Waals surface area contributed by atoms with E-state index in [0.29, 0.717) is 24.1 Å². The largest absolute Gasteiger partial charge is 0.493 e. The molecule has 1 aromatic carbocycles. The topological polar surface area (TPSA) is 48.4 Å². The number of methoxy groups -OCH3 is 1. The van der Waals surface area contributed by atoms with E-state index in [4.69, 9.17) is 9.47 Å². The maximum Gasteiger partial charge on any atom is 0.161 e. The molecule has 0 radical (unpaired) electrons. The number of benzene rings is 1. The zero-order valence-corrected chi connectivity index (χ0v) is 18.4. The van der Waals surface area contributed by atoms with E-state index in [1.807, 2.05) is 13.1 Å². The predicted molar refractivity (Wildman–Crippen MR) is 114 cm³/mol. The number of likely N-dealkylation sites (N-methyl/N-ethyl adjacent to an activating group) is 2. The Morgan fingerprint density at radius 2 is 1.82 bits per heavy atom. The Hall–Kier alpha value is -1.34. The zero-order chi connectivity index (χ0) is 20.5. The van der Waals surface area contributed by atoms with Crippen LogP contribution in [-0.4, -0.2) is 92.0 Å². The third-order valence-corrected chi connectivity index (χ3v) is 5.57.